The van der Waals surface area contributed by atoms with Gasteiger partial charge in [-0.2, -0.15) is 4.98 Å². The van der Waals surface area contributed by atoms with Crippen LogP contribution >= 0.6 is 0 Å². The van der Waals surface area contributed by atoms with Crippen molar-refractivity contribution >= 4 is 0 Å². The van der Waals surface area contributed by atoms with Gasteiger partial charge in [-0.05, 0) is 24.6 Å². The van der Waals surface area contributed by atoms with E-state index in [1.165, 1.54) is 6.39 Å². The number of aliphatic hydroxyl groups is 1. The van der Waals surface area contributed by atoms with Gasteiger partial charge in [0.1, 0.15) is 18.5 Å². The lowest BCUT2D eigenvalue weighted by atomic mass is 10.2. The number of nitrogens with one attached hydrogen (secondary N) is 1. The van der Waals surface area contributed by atoms with Crippen LogP contribution in [0.5, 0.6) is 5.75 Å². The van der Waals surface area contributed by atoms with Crippen LogP contribution in [-0.4, -0.2) is 41.0 Å². The Morgan fingerprint density at radius 1 is 1.45 bits per heavy atom. The second-order valence-electron chi connectivity index (χ2n) is 4.58. The van der Waals surface area contributed by atoms with Crippen LogP contribution < -0.4 is 10.1 Å². The molecule has 0 aliphatic carbocycles. The van der Waals surface area contributed by atoms with Gasteiger partial charge in [-0.3, -0.25) is 0 Å². The first-order chi connectivity index (χ1) is 9.74. The standard InChI is InChI=1S/C14H19N3O3/c1-11-3-2-4-13(7-11)19-9-12(18)8-15-6-5-14-16-10-20-17-14/h2-4,7,10,12,15,18H,5-6,8-9H2,1H3. The second-order valence-corrected chi connectivity index (χ2v) is 4.58. The van der Waals surface area contributed by atoms with Crippen molar-refractivity contribution in [3.8, 4) is 5.75 Å². The monoisotopic (exact) mass is 277 g/mol. The van der Waals surface area contributed by atoms with Crippen LogP contribution in [0, 0.1) is 6.92 Å². The molecule has 0 amide bonds. The maximum Gasteiger partial charge on any atom is 0.213 e. The third-order valence-electron chi connectivity index (χ3n) is 2.74. The van der Waals surface area contributed by atoms with Crippen molar-refractivity contribution in [2.24, 2.45) is 0 Å². The number of ether oxygens (including phenoxy) is 1. The number of hydrogen-bond acceptors (Lipinski definition) is 6. The summed E-state index contributed by atoms with van der Waals surface area (Å²) in [7, 11) is 0. The zero-order valence-electron chi connectivity index (χ0n) is 11.5. The smallest absolute Gasteiger partial charge is 0.213 e. The highest BCUT2D eigenvalue weighted by atomic mass is 16.5. The highest BCUT2D eigenvalue weighted by molar-refractivity contribution is 5.27. The Morgan fingerprint density at radius 3 is 3.10 bits per heavy atom. The van der Waals surface area contributed by atoms with Gasteiger partial charge >= 0.3 is 0 Å². The number of aliphatic hydroxyl groups excluding tert-OH is 1. The van der Waals surface area contributed by atoms with Crippen molar-refractivity contribution in [1.82, 2.24) is 15.5 Å². The van der Waals surface area contributed by atoms with Gasteiger partial charge in [0.2, 0.25) is 6.39 Å². The van der Waals surface area contributed by atoms with E-state index in [4.69, 9.17) is 4.74 Å². The minimum atomic E-state index is -0.555. The molecule has 1 atom stereocenters. The molecular weight excluding hydrogens is 258 g/mol. The molecule has 2 rings (SSSR count). The van der Waals surface area contributed by atoms with E-state index >= 15 is 0 Å². The molecule has 6 nitrogen and oxygen atoms in total. The molecule has 0 aliphatic rings. The van der Waals surface area contributed by atoms with Crippen LogP contribution in [0.2, 0.25) is 0 Å². The molecule has 0 bridgehead atoms. The lowest BCUT2D eigenvalue weighted by Crippen LogP contribution is -2.32. The third-order valence-corrected chi connectivity index (χ3v) is 2.74. The van der Waals surface area contributed by atoms with Gasteiger partial charge in [0.25, 0.3) is 0 Å². The Balaban J connectivity index is 1.59. The lowest BCUT2D eigenvalue weighted by Gasteiger charge is -2.13. The Hall–Kier alpha value is -1.92. The van der Waals surface area contributed by atoms with Crippen molar-refractivity contribution in [2.45, 2.75) is 19.4 Å². The summed E-state index contributed by atoms with van der Waals surface area (Å²) >= 11 is 0. The molecule has 1 aromatic carbocycles. The first kappa shape index (κ1) is 14.5. The number of aromatic nitrogens is 2. The SMILES string of the molecule is Cc1cccc(OCC(O)CNCCc2ncon2)c1. The second kappa shape index (κ2) is 7.62. The molecule has 2 aromatic rings. The van der Waals surface area contributed by atoms with Gasteiger partial charge in [-0.25, -0.2) is 0 Å². The van der Waals surface area contributed by atoms with E-state index in [2.05, 4.69) is 20.0 Å². The highest BCUT2D eigenvalue weighted by Crippen LogP contribution is 2.12. The predicted octanol–water partition coefficient (Wildman–Crippen LogP) is 0.950. The molecule has 1 unspecified atom stereocenters. The van der Waals surface area contributed by atoms with Crippen LogP contribution in [0.1, 0.15) is 11.4 Å². The van der Waals surface area contributed by atoms with Crippen molar-refractivity contribution in [1.29, 1.82) is 0 Å². The summed E-state index contributed by atoms with van der Waals surface area (Å²) in [6, 6.07) is 7.75. The van der Waals surface area contributed by atoms with Gasteiger partial charge in [-0.1, -0.05) is 17.3 Å². The zero-order valence-corrected chi connectivity index (χ0v) is 11.5. The van der Waals surface area contributed by atoms with Crippen molar-refractivity contribution < 1.29 is 14.4 Å². The average molecular weight is 277 g/mol. The molecule has 0 radical (unpaired) electrons. The average Bonchev–Trinajstić information content (AvgIpc) is 2.95. The number of nitrogens with zero attached hydrogens (tertiary/aromatic N) is 2. The number of hydrogen-bond donors (Lipinski definition) is 2. The molecule has 2 N–H and O–H groups in total. The van der Waals surface area contributed by atoms with E-state index in [0.29, 0.717) is 25.3 Å². The van der Waals surface area contributed by atoms with E-state index < -0.39 is 6.10 Å². The highest BCUT2D eigenvalue weighted by Gasteiger charge is 2.05. The fourth-order valence-electron chi connectivity index (χ4n) is 1.73. The van der Waals surface area contributed by atoms with Crippen molar-refractivity contribution in [3.63, 3.8) is 0 Å². The van der Waals surface area contributed by atoms with Crippen molar-refractivity contribution in [3.05, 3.63) is 42.0 Å². The van der Waals surface area contributed by atoms with Gasteiger partial charge in [0.05, 0.1) is 0 Å². The molecule has 6 heteroatoms. The molecular formula is C14H19N3O3. The first-order valence-electron chi connectivity index (χ1n) is 6.57. The van der Waals surface area contributed by atoms with E-state index in [9.17, 15) is 5.11 Å². The normalized spacial score (nSPS) is 12.3. The van der Waals surface area contributed by atoms with E-state index in [1.54, 1.807) is 0 Å². The summed E-state index contributed by atoms with van der Waals surface area (Å²) < 4.78 is 10.2. The minimum absolute atomic E-state index is 0.263. The summed E-state index contributed by atoms with van der Waals surface area (Å²) in [6.45, 7) is 3.41. The summed E-state index contributed by atoms with van der Waals surface area (Å²) in [6.07, 6.45) is 1.42. The van der Waals surface area contributed by atoms with E-state index in [-0.39, 0.29) is 6.61 Å². The number of benzene rings is 1. The molecule has 1 heterocycles. The Bertz CT molecular complexity index is 502. The fourth-order valence-corrected chi connectivity index (χ4v) is 1.73. The molecule has 0 aliphatic heterocycles. The van der Waals surface area contributed by atoms with Gasteiger partial charge in [0, 0.05) is 19.5 Å². The molecule has 108 valence electrons. The van der Waals surface area contributed by atoms with E-state index in [0.717, 1.165) is 11.3 Å². The largest absolute Gasteiger partial charge is 0.491 e. The summed E-state index contributed by atoms with van der Waals surface area (Å²) in [5.74, 6) is 1.43. The van der Waals surface area contributed by atoms with Crippen LogP contribution in [-0.2, 0) is 6.42 Å². The molecule has 0 saturated carbocycles. The maximum absolute atomic E-state index is 9.80. The number of rotatable bonds is 8. The molecule has 0 saturated heterocycles. The lowest BCUT2D eigenvalue weighted by molar-refractivity contribution is 0.106. The predicted molar refractivity (Wildman–Crippen MR) is 73.6 cm³/mol. The molecule has 1 aromatic heterocycles. The Morgan fingerprint density at radius 2 is 2.35 bits per heavy atom. The number of aryl methyl sites for hydroxylation is 1. The molecule has 0 spiro atoms. The van der Waals surface area contributed by atoms with Gasteiger partial charge in [-0.15, -0.1) is 0 Å². The quantitative estimate of drug-likeness (QED) is 0.699. The van der Waals surface area contributed by atoms with Crippen molar-refractivity contribution in [2.75, 3.05) is 19.7 Å². The summed E-state index contributed by atoms with van der Waals surface area (Å²) in [5.41, 5.74) is 1.13. The van der Waals surface area contributed by atoms with E-state index in [1.807, 2.05) is 31.2 Å². The van der Waals surface area contributed by atoms with Crippen LogP contribution in [0.3, 0.4) is 0 Å². The van der Waals surface area contributed by atoms with Gasteiger partial charge < -0.3 is 19.7 Å². The summed E-state index contributed by atoms with van der Waals surface area (Å²) in [4.78, 5) is 3.91. The van der Waals surface area contributed by atoms with Crippen LogP contribution in [0.4, 0.5) is 0 Å². The topological polar surface area (TPSA) is 80.4 Å². The van der Waals surface area contributed by atoms with Crippen LogP contribution in [0.15, 0.2) is 35.2 Å². The molecule has 20 heavy (non-hydrogen) atoms. The Kier molecular flexibility index (Phi) is 5.52. The van der Waals surface area contributed by atoms with Crippen LogP contribution in [0.25, 0.3) is 0 Å². The zero-order chi connectivity index (χ0) is 14.2. The molecule has 0 fully saturated rings. The summed E-state index contributed by atoms with van der Waals surface area (Å²) in [5, 5.41) is 16.6. The minimum Gasteiger partial charge on any atom is -0.491 e. The fraction of sp³-hybridized carbons (Fsp3) is 0.429. The van der Waals surface area contributed by atoms with Gasteiger partial charge in [0.15, 0.2) is 5.82 Å². The first-order valence-corrected chi connectivity index (χ1v) is 6.57. The Labute approximate surface area is 117 Å². The maximum atomic E-state index is 9.80. The third kappa shape index (κ3) is 4.99.